The van der Waals surface area contributed by atoms with Crippen LogP contribution in [0.3, 0.4) is 0 Å². The Labute approximate surface area is 86.9 Å². The Hall–Kier alpha value is -0.860. The Morgan fingerprint density at radius 3 is 2.69 bits per heavy atom. The number of nitrogens with two attached hydrogens (primary N) is 1. The summed E-state index contributed by atoms with van der Waals surface area (Å²) in [5.74, 6) is 0. The molecule has 2 aromatic carbocycles. The first-order valence-corrected chi connectivity index (χ1v) is 4.68. The molecule has 13 heavy (non-hydrogen) atoms. The number of nitrogen functional groups attached to an aromatic ring is 1. The van der Waals surface area contributed by atoms with E-state index in [4.69, 9.17) is 17.3 Å². The summed E-state index contributed by atoms with van der Waals surface area (Å²) < 4.78 is 0. The summed E-state index contributed by atoms with van der Waals surface area (Å²) >= 11 is 10.2. The van der Waals surface area contributed by atoms with Gasteiger partial charge in [-0.2, -0.15) is 0 Å². The smallest absolute Gasteiger partial charge is 0.0456 e. The van der Waals surface area contributed by atoms with Crippen molar-refractivity contribution in [1.29, 1.82) is 0 Å². The first-order chi connectivity index (χ1) is 6.18. The van der Waals surface area contributed by atoms with Crippen molar-refractivity contribution in [3.05, 3.63) is 35.4 Å². The molecular weight excluding hydrogens is 202 g/mol. The first kappa shape index (κ1) is 8.73. The Morgan fingerprint density at radius 2 is 1.92 bits per heavy atom. The number of halogens is 1. The molecule has 2 aromatic rings. The van der Waals surface area contributed by atoms with Gasteiger partial charge < -0.3 is 5.73 Å². The van der Waals surface area contributed by atoms with E-state index in [1.807, 2.05) is 30.3 Å². The van der Waals surface area contributed by atoms with Crippen molar-refractivity contribution in [2.75, 3.05) is 5.73 Å². The number of thiol groups is 1. The molecular formula is C10H8ClNS. The normalized spacial score (nSPS) is 10.6. The fourth-order valence-corrected chi connectivity index (χ4v) is 1.76. The van der Waals surface area contributed by atoms with Crippen molar-refractivity contribution in [3.63, 3.8) is 0 Å². The molecule has 0 unspecified atom stereocenters. The molecule has 0 bridgehead atoms. The minimum absolute atomic E-state index is 0.693. The van der Waals surface area contributed by atoms with Crippen molar-refractivity contribution in [3.8, 4) is 0 Å². The van der Waals surface area contributed by atoms with Gasteiger partial charge in [-0.25, -0.2) is 0 Å². The second-order valence-electron chi connectivity index (χ2n) is 2.87. The van der Waals surface area contributed by atoms with Crippen LogP contribution in [0.1, 0.15) is 0 Å². The van der Waals surface area contributed by atoms with Gasteiger partial charge in [0.1, 0.15) is 0 Å². The molecule has 0 radical (unpaired) electrons. The Kier molecular flexibility index (Phi) is 2.10. The fourth-order valence-electron chi connectivity index (χ4n) is 1.30. The van der Waals surface area contributed by atoms with E-state index in [0.717, 1.165) is 20.7 Å². The van der Waals surface area contributed by atoms with E-state index in [2.05, 4.69) is 12.6 Å². The van der Waals surface area contributed by atoms with E-state index in [1.165, 1.54) is 0 Å². The Balaban J connectivity index is 2.87. The van der Waals surface area contributed by atoms with E-state index >= 15 is 0 Å². The molecule has 0 aliphatic carbocycles. The Bertz CT molecular complexity index is 468. The van der Waals surface area contributed by atoms with E-state index in [9.17, 15) is 0 Å². The van der Waals surface area contributed by atoms with Gasteiger partial charge in [-0.15, -0.1) is 12.6 Å². The highest BCUT2D eigenvalue weighted by atomic mass is 35.5. The molecule has 0 amide bonds. The predicted molar refractivity (Wildman–Crippen MR) is 60.6 cm³/mol. The second-order valence-corrected chi connectivity index (χ2v) is 3.75. The topological polar surface area (TPSA) is 26.0 Å². The minimum Gasteiger partial charge on any atom is -0.398 e. The molecule has 0 aliphatic rings. The molecule has 2 N–H and O–H groups in total. The molecule has 0 aliphatic heterocycles. The van der Waals surface area contributed by atoms with Crippen molar-refractivity contribution in [2.45, 2.75) is 4.90 Å². The SMILES string of the molecule is Nc1ccc2cc(Cl)ccc2c1S. The predicted octanol–water partition coefficient (Wildman–Crippen LogP) is 3.36. The zero-order chi connectivity index (χ0) is 9.42. The van der Waals surface area contributed by atoms with Gasteiger partial charge in [0.05, 0.1) is 0 Å². The average molecular weight is 210 g/mol. The molecule has 0 heterocycles. The first-order valence-electron chi connectivity index (χ1n) is 3.85. The maximum Gasteiger partial charge on any atom is 0.0456 e. The number of hydrogen-bond acceptors (Lipinski definition) is 2. The zero-order valence-corrected chi connectivity index (χ0v) is 8.44. The highest BCUT2D eigenvalue weighted by Gasteiger charge is 2.01. The Morgan fingerprint density at radius 1 is 1.15 bits per heavy atom. The maximum absolute atomic E-state index is 5.85. The van der Waals surface area contributed by atoms with Crippen molar-refractivity contribution in [2.24, 2.45) is 0 Å². The lowest BCUT2D eigenvalue weighted by atomic mass is 10.1. The summed E-state index contributed by atoms with van der Waals surface area (Å²) in [5, 5.41) is 2.82. The molecule has 66 valence electrons. The molecule has 3 heteroatoms. The van der Waals surface area contributed by atoms with Gasteiger partial charge in [-0.05, 0) is 29.0 Å². The van der Waals surface area contributed by atoms with Crippen LogP contribution in [-0.4, -0.2) is 0 Å². The number of fused-ring (bicyclic) bond motifs is 1. The number of anilines is 1. The number of benzene rings is 2. The van der Waals surface area contributed by atoms with Crippen LogP contribution in [0, 0.1) is 0 Å². The second kappa shape index (κ2) is 3.13. The van der Waals surface area contributed by atoms with Gasteiger partial charge in [0.15, 0.2) is 0 Å². The van der Waals surface area contributed by atoms with Crippen LogP contribution in [0.2, 0.25) is 5.02 Å². The van der Waals surface area contributed by atoms with Crippen molar-refractivity contribution in [1.82, 2.24) is 0 Å². The summed E-state index contributed by atoms with van der Waals surface area (Å²) in [6, 6.07) is 9.44. The van der Waals surface area contributed by atoms with Crippen LogP contribution in [0.25, 0.3) is 10.8 Å². The molecule has 0 aromatic heterocycles. The minimum atomic E-state index is 0.693. The third-order valence-corrected chi connectivity index (χ3v) is 2.72. The lowest BCUT2D eigenvalue weighted by molar-refractivity contribution is 1.55. The summed E-state index contributed by atoms with van der Waals surface area (Å²) in [4.78, 5) is 0.814. The summed E-state index contributed by atoms with van der Waals surface area (Å²) in [5.41, 5.74) is 6.41. The molecule has 0 fully saturated rings. The van der Waals surface area contributed by atoms with Gasteiger partial charge in [0, 0.05) is 15.6 Å². The number of rotatable bonds is 0. The lowest BCUT2D eigenvalue weighted by Crippen LogP contribution is -1.87. The van der Waals surface area contributed by atoms with Crippen LogP contribution in [0.4, 0.5) is 5.69 Å². The standard InChI is InChI=1S/C10H8ClNS/c11-7-2-3-8-6(5-7)1-4-9(12)10(8)13/h1-5,13H,12H2. The van der Waals surface area contributed by atoms with Gasteiger partial charge in [-0.1, -0.05) is 23.7 Å². The molecule has 2 rings (SSSR count). The van der Waals surface area contributed by atoms with Crippen LogP contribution in [0.5, 0.6) is 0 Å². The summed E-state index contributed by atoms with van der Waals surface area (Å²) in [6.07, 6.45) is 0. The van der Waals surface area contributed by atoms with Crippen LogP contribution in [0.15, 0.2) is 35.2 Å². The van der Waals surface area contributed by atoms with Gasteiger partial charge in [-0.3, -0.25) is 0 Å². The van der Waals surface area contributed by atoms with E-state index in [1.54, 1.807) is 0 Å². The van der Waals surface area contributed by atoms with E-state index < -0.39 is 0 Å². The largest absolute Gasteiger partial charge is 0.398 e. The summed E-state index contributed by atoms with van der Waals surface area (Å²) in [7, 11) is 0. The van der Waals surface area contributed by atoms with Gasteiger partial charge in [0.25, 0.3) is 0 Å². The molecule has 0 atom stereocenters. The monoisotopic (exact) mass is 209 g/mol. The van der Waals surface area contributed by atoms with Gasteiger partial charge >= 0.3 is 0 Å². The van der Waals surface area contributed by atoms with Crippen molar-refractivity contribution < 1.29 is 0 Å². The van der Waals surface area contributed by atoms with E-state index in [0.29, 0.717) is 5.69 Å². The lowest BCUT2D eigenvalue weighted by Gasteiger charge is -2.04. The van der Waals surface area contributed by atoms with Gasteiger partial charge in [0.2, 0.25) is 0 Å². The van der Waals surface area contributed by atoms with Crippen LogP contribution in [-0.2, 0) is 0 Å². The maximum atomic E-state index is 5.85. The number of hydrogen-bond donors (Lipinski definition) is 2. The zero-order valence-electron chi connectivity index (χ0n) is 6.79. The fraction of sp³-hybridized carbons (Fsp3) is 0. The molecule has 0 saturated carbocycles. The summed E-state index contributed by atoms with van der Waals surface area (Å²) in [6.45, 7) is 0. The molecule has 0 spiro atoms. The van der Waals surface area contributed by atoms with Crippen molar-refractivity contribution >= 4 is 40.7 Å². The average Bonchev–Trinajstić information content (AvgIpc) is 2.12. The van der Waals surface area contributed by atoms with Crippen LogP contribution < -0.4 is 5.73 Å². The quantitative estimate of drug-likeness (QED) is 0.505. The third kappa shape index (κ3) is 1.47. The third-order valence-electron chi connectivity index (χ3n) is 1.98. The van der Waals surface area contributed by atoms with Crippen LogP contribution >= 0.6 is 24.2 Å². The molecule has 1 nitrogen and oxygen atoms in total. The highest BCUT2D eigenvalue weighted by Crippen LogP contribution is 2.29. The molecule has 0 saturated heterocycles. The van der Waals surface area contributed by atoms with E-state index in [-0.39, 0.29) is 0 Å². The highest BCUT2D eigenvalue weighted by molar-refractivity contribution is 7.80.